The second kappa shape index (κ2) is 4.90. The Kier molecular flexibility index (Phi) is 4.08. The molecule has 0 heterocycles. The number of rotatable bonds is 4. The van der Waals surface area contributed by atoms with Crippen molar-refractivity contribution in [2.45, 2.75) is 31.3 Å². The second-order valence-corrected chi connectivity index (χ2v) is 7.62. The molecule has 6 heteroatoms. The number of hydrogen-bond donors (Lipinski definition) is 1. The molecule has 0 amide bonds. The zero-order valence-electron chi connectivity index (χ0n) is 10.4. The lowest BCUT2D eigenvalue weighted by Gasteiger charge is -2.20. The number of carboxylic acids is 1. The molecule has 0 spiro atoms. The number of sulfone groups is 1. The summed E-state index contributed by atoms with van der Waals surface area (Å²) in [6.45, 7) is 4.19. The van der Waals surface area contributed by atoms with Crippen molar-refractivity contribution in [3.63, 3.8) is 0 Å². The molecule has 1 rings (SSSR count). The Bertz CT molecular complexity index is 576. The highest BCUT2D eigenvalue weighted by molar-refractivity contribution is 7.92. The predicted molar refractivity (Wildman–Crippen MR) is 70.5 cm³/mol. The fraction of sp³-hybridized carbons (Fsp3) is 0.417. The number of carboxylic acid groups (broad SMARTS) is 1. The first-order chi connectivity index (χ1) is 8.08. The Balaban J connectivity index is 3.15. The zero-order valence-corrected chi connectivity index (χ0v) is 12.0. The molecule has 0 atom stereocenters. The third-order valence-electron chi connectivity index (χ3n) is 2.85. The van der Waals surface area contributed by atoms with Crippen LogP contribution in [0.15, 0.2) is 18.2 Å². The summed E-state index contributed by atoms with van der Waals surface area (Å²) in [4.78, 5) is 11.0. The van der Waals surface area contributed by atoms with Gasteiger partial charge in [0.15, 0.2) is 14.6 Å². The Hall–Kier alpha value is -1.07. The SMILES string of the molecule is Cc1ccc(CS(=O)(=O)C(C)(C)C(=O)O)c(Cl)c1. The van der Waals surface area contributed by atoms with Gasteiger partial charge in [0, 0.05) is 5.02 Å². The lowest BCUT2D eigenvalue weighted by Crippen LogP contribution is -2.41. The van der Waals surface area contributed by atoms with Crippen LogP contribution in [0.5, 0.6) is 0 Å². The molecule has 0 radical (unpaired) electrons. The number of benzene rings is 1. The topological polar surface area (TPSA) is 71.4 Å². The fourth-order valence-corrected chi connectivity index (χ4v) is 2.96. The number of halogens is 1. The van der Waals surface area contributed by atoms with Crippen LogP contribution in [0.3, 0.4) is 0 Å². The van der Waals surface area contributed by atoms with E-state index in [1.165, 1.54) is 13.8 Å². The van der Waals surface area contributed by atoms with Gasteiger partial charge in [-0.2, -0.15) is 0 Å². The van der Waals surface area contributed by atoms with Crippen molar-refractivity contribution in [1.82, 2.24) is 0 Å². The molecule has 100 valence electrons. The van der Waals surface area contributed by atoms with Gasteiger partial charge in [-0.05, 0) is 38.0 Å². The van der Waals surface area contributed by atoms with E-state index in [-0.39, 0.29) is 5.75 Å². The minimum absolute atomic E-state index is 0.333. The van der Waals surface area contributed by atoms with E-state index in [1.807, 2.05) is 6.92 Å². The minimum Gasteiger partial charge on any atom is -0.480 e. The van der Waals surface area contributed by atoms with Crippen molar-refractivity contribution in [1.29, 1.82) is 0 Å². The predicted octanol–water partition coefficient (Wildman–Crippen LogP) is 2.43. The van der Waals surface area contributed by atoms with Crippen LogP contribution in [0, 0.1) is 6.92 Å². The Morgan fingerprint density at radius 2 is 1.94 bits per heavy atom. The average Bonchev–Trinajstić information content (AvgIpc) is 2.21. The molecule has 0 unspecified atom stereocenters. The number of aryl methyl sites for hydroxylation is 1. The van der Waals surface area contributed by atoms with Gasteiger partial charge in [-0.25, -0.2) is 8.42 Å². The van der Waals surface area contributed by atoms with E-state index in [0.717, 1.165) is 5.56 Å². The van der Waals surface area contributed by atoms with Crippen LogP contribution in [0.25, 0.3) is 0 Å². The molecular weight excluding hydrogens is 276 g/mol. The summed E-state index contributed by atoms with van der Waals surface area (Å²) in [6.07, 6.45) is 0. The summed E-state index contributed by atoms with van der Waals surface area (Å²) in [5.41, 5.74) is 1.33. The first kappa shape index (κ1) is 15.0. The summed E-state index contributed by atoms with van der Waals surface area (Å²) in [7, 11) is -3.83. The molecule has 0 aliphatic rings. The number of hydrogen-bond acceptors (Lipinski definition) is 3. The quantitative estimate of drug-likeness (QED) is 0.924. The summed E-state index contributed by atoms with van der Waals surface area (Å²) in [5.74, 6) is -1.75. The highest BCUT2D eigenvalue weighted by Crippen LogP contribution is 2.26. The maximum atomic E-state index is 12.1. The maximum absolute atomic E-state index is 12.1. The minimum atomic E-state index is -3.83. The molecule has 0 saturated heterocycles. The van der Waals surface area contributed by atoms with E-state index in [4.69, 9.17) is 16.7 Å². The van der Waals surface area contributed by atoms with Crippen molar-refractivity contribution in [2.75, 3.05) is 0 Å². The summed E-state index contributed by atoms with van der Waals surface area (Å²) < 4.78 is 22.3. The van der Waals surface area contributed by atoms with Gasteiger partial charge >= 0.3 is 5.97 Å². The molecule has 1 aromatic carbocycles. The van der Waals surface area contributed by atoms with E-state index >= 15 is 0 Å². The molecule has 0 saturated carbocycles. The molecule has 4 nitrogen and oxygen atoms in total. The van der Waals surface area contributed by atoms with E-state index in [1.54, 1.807) is 18.2 Å². The Morgan fingerprint density at radius 1 is 1.39 bits per heavy atom. The van der Waals surface area contributed by atoms with Gasteiger partial charge in [-0.15, -0.1) is 0 Å². The third-order valence-corrected chi connectivity index (χ3v) is 5.62. The first-order valence-corrected chi connectivity index (χ1v) is 7.31. The van der Waals surface area contributed by atoms with Crippen molar-refractivity contribution in [3.05, 3.63) is 34.3 Å². The molecule has 1 N–H and O–H groups in total. The van der Waals surface area contributed by atoms with E-state index in [0.29, 0.717) is 10.6 Å². The van der Waals surface area contributed by atoms with Crippen molar-refractivity contribution in [2.24, 2.45) is 0 Å². The zero-order chi connectivity index (χ0) is 14.1. The van der Waals surface area contributed by atoms with Crippen LogP contribution in [-0.2, 0) is 20.4 Å². The van der Waals surface area contributed by atoms with Crippen molar-refractivity contribution < 1.29 is 18.3 Å². The molecular formula is C12H15ClO4S. The van der Waals surface area contributed by atoms with Crippen LogP contribution in [0.4, 0.5) is 0 Å². The van der Waals surface area contributed by atoms with Crippen molar-refractivity contribution in [3.8, 4) is 0 Å². The first-order valence-electron chi connectivity index (χ1n) is 5.28. The van der Waals surface area contributed by atoms with Crippen LogP contribution < -0.4 is 0 Å². The van der Waals surface area contributed by atoms with E-state index in [9.17, 15) is 13.2 Å². The fourth-order valence-electron chi connectivity index (χ4n) is 1.29. The average molecular weight is 291 g/mol. The van der Waals surface area contributed by atoms with Gasteiger partial charge in [0.1, 0.15) is 0 Å². The normalized spacial score (nSPS) is 12.4. The molecule has 0 aliphatic heterocycles. The van der Waals surface area contributed by atoms with Gasteiger partial charge in [0.2, 0.25) is 0 Å². The third kappa shape index (κ3) is 2.84. The van der Waals surface area contributed by atoms with E-state index < -0.39 is 20.6 Å². The summed E-state index contributed by atoms with van der Waals surface area (Å²) in [6, 6.07) is 5.00. The van der Waals surface area contributed by atoms with Gasteiger partial charge in [0.25, 0.3) is 0 Å². The Labute approximate surface area is 112 Å². The number of aliphatic carboxylic acids is 1. The molecule has 0 fully saturated rings. The van der Waals surface area contributed by atoms with Crippen LogP contribution >= 0.6 is 11.6 Å². The van der Waals surface area contributed by atoms with Gasteiger partial charge < -0.3 is 5.11 Å². The number of carbonyl (C=O) groups is 1. The summed E-state index contributed by atoms with van der Waals surface area (Å²) >= 11 is 5.95. The highest BCUT2D eigenvalue weighted by atomic mass is 35.5. The lowest BCUT2D eigenvalue weighted by atomic mass is 10.2. The van der Waals surface area contributed by atoms with Crippen LogP contribution in [0.2, 0.25) is 5.02 Å². The molecule has 0 aromatic heterocycles. The largest absolute Gasteiger partial charge is 0.480 e. The van der Waals surface area contributed by atoms with E-state index in [2.05, 4.69) is 0 Å². The maximum Gasteiger partial charge on any atom is 0.324 e. The highest BCUT2D eigenvalue weighted by Gasteiger charge is 2.41. The van der Waals surface area contributed by atoms with Gasteiger partial charge in [-0.3, -0.25) is 4.79 Å². The van der Waals surface area contributed by atoms with Crippen LogP contribution in [-0.4, -0.2) is 24.2 Å². The smallest absolute Gasteiger partial charge is 0.324 e. The molecule has 0 bridgehead atoms. The standard InChI is InChI=1S/C12H15ClO4S/c1-8-4-5-9(10(13)6-8)7-18(16,17)12(2,3)11(14)15/h4-6H,7H2,1-3H3,(H,14,15). The molecule has 1 aromatic rings. The monoisotopic (exact) mass is 290 g/mol. The van der Waals surface area contributed by atoms with Crippen LogP contribution in [0.1, 0.15) is 25.0 Å². The molecule has 0 aliphatic carbocycles. The van der Waals surface area contributed by atoms with Gasteiger partial charge in [-0.1, -0.05) is 23.7 Å². The lowest BCUT2D eigenvalue weighted by molar-refractivity contribution is -0.139. The molecule has 18 heavy (non-hydrogen) atoms. The Morgan fingerprint density at radius 3 is 2.39 bits per heavy atom. The second-order valence-electron chi connectivity index (χ2n) is 4.67. The van der Waals surface area contributed by atoms with Crippen molar-refractivity contribution >= 4 is 27.4 Å². The van der Waals surface area contributed by atoms with Gasteiger partial charge in [0.05, 0.1) is 5.75 Å². The summed E-state index contributed by atoms with van der Waals surface area (Å²) in [5, 5.41) is 9.29.